The van der Waals surface area contributed by atoms with Crippen molar-refractivity contribution in [3.05, 3.63) is 152 Å². The standard InChI is InChI=1S/C42H25NO3S/c44-47(45)41-20-10-9-19-39(41)46-40-24-35-30-14-4-3-12-28(30)27-11-1-2-13-29(27)31-22-21-26(23-34(31)36(35)25-42(40)47)43-37-17-7-5-15-32(37)33-16-6-8-18-38(33)43/h1-25H. The molecule has 5 heteroatoms. The third kappa shape index (κ3) is 3.66. The largest absolute Gasteiger partial charge is 0.455 e. The molecule has 1 aromatic heterocycles. The smallest absolute Gasteiger partial charge is 0.213 e. The maximum atomic E-state index is 14.2. The molecule has 0 saturated carbocycles. The van der Waals surface area contributed by atoms with Crippen molar-refractivity contribution >= 4 is 31.6 Å². The average molecular weight is 624 g/mol. The highest BCUT2D eigenvalue weighted by atomic mass is 32.2. The Balaban J connectivity index is 1.33. The summed E-state index contributed by atoms with van der Waals surface area (Å²) in [6.45, 7) is 0. The van der Waals surface area contributed by atoms with Gasteiger partial charge in [0.25, 0.3) is 0 Å². The van der Waals surface area contributed by atoms with Gasteiger partial charge in [0.05, 0.1) is 11.0 Å². The number of nitrogens with zero attached hydrogens (tertiary/aromatic N) is 1. The quantitative estimate of drug-likeness (QED) is 0.183. The van der Waals surface area contributed by atoms with Gasteiger partial charge in [-0.15, -0.1) is 0 Å². The lowest BCUT2D eigenvalue weighted by Gasteiger charge is -2.27. The predicted molar refractivity (Wildman–Crippen MR) is 188 cm³/mol. The highest BCUT2D eigenvalue weighted by Gasteiger charge is 2.34. The van der Waals surface area contributed by atoms with E-state index in [1.807, 2.05) is 18.2 Å². The zero-order valence-electron chi connectivity index (χ0n) is 25.0. The van der Waals surface area contributed by atoms with E-state index in [4.69, 9.17) is 4.74 Å². The van der Waals surface area contributed by atoms with Crippen LogP contribution in [0, 0.1) is 0 Å². The van der Waals surface area contributed by atoms with Gasteiger partial charge in [0.1, 0.15) is 21.3 Å². The Morgan fingerprint density at radius 1 is 0.404 bits per heavy atom. The minimum absolute atomic E-state index is 0.175. The van der Waals surface area contributed by atoms with Crippen LogP contribution in [0.15, 0.2) is 161 Å². The van der Waals surface area contributed by atoms with Crippen LogP contribution in [0.5, 0.6) is 11.5 Å². The average Bonchev–Trinajstić information content (AvgIpc) is 3.45. The third-order valence-electron chi connectivity index (χ3n) is 9.59. The first-order chi connectivity index (χ1) is 23.1. The molecule has 1 aliphatic heterocycles. The molecular formula is C42H25NO3S. The number of benzene rings is 7. The predicted octanol–water partition coefficient (Wildman–Crippen LogP) is 10.7. The highest BCUT2D eigenvalue weighted by Crippen LogP contribution is 2.52. The fourth-order valence-electron chi connectivity index (χ4n) is 7.52. The van der Waals surface area contributed by atoms with Crippen molar-refractivity contribution in [1.29, 1.82) is 0 Å². The van der Waals surface area contributed by atoms with E-state index in [0.29, 0.717) is 11.5 Å². The number of sulfone groups is 1. The lowest BCUT2D eigenvalue weighted by atomic mass is 9.80. The topological polar surface area (TPSA) is 48.3 Å². The summed E-state index contributed by atoms with van der Waals surface area (Å²) in [5.41, 5.74) is 11.3. The summed E-state index contributed by atoms with van der Waals surface area (Å²) in [5.74, 6) is 0.685. The van der Waals surface area contributed by atoms with Gasteiger partial charge in [-0.2, -0.15) is 0 Å². The number of fused-ring (bicyclic) bond motifs is 13. The van der Waals surface area contributed by atoms with Crippen LogP contribution in [0.25, 0.3) is 72.0 Å². The SMILES string of the molecule is O=S1(=O)c2ccccc2Oc2cc3c(cc21)-c1cc(-n2c4ccccc4c4ccccc42)ccc1-c1ccccc1-c1ccccc1-3. The van der Waals surface area contributed by atoms with E-state index >= 15 is 0 Å². The third-order valence-corrected chi connectivity index (χ3v) is 11.4. The van der Waals surface area contributed by atoms with Crippen LogP contribution in [-0.2, 0) is 9.84 Å². The Bertz CT molecular complexity index is 2690. The van der Waals surface area contributed by atoms with Crippen LogP contribution >= 0.6 is 0 Å². The molecule has 0 atom stereocenters. The first-order valence-corrected chi connectivity index (χ1v) is 17.1. The zero-order valence-corrected chi connectivity index (χ0v) is 25.8. The summed E-state index contributed by atoms with van der Waals surface area (Å²) in [7, 11) is -3.84. The van der Waals surface area contributed by atoms with Crippen molar-refractivity contribution in [3.63, 3.8) is 0 Å². The van der Waals surface area contributed by atoms with E-state index in [1.54, 1.807) is 24.3 Å². The Labute approximate surface area is 271 Å². The molecule has 2 aliphatic rings. The summed E-state index contributed by atoms with van der Waals surface area (Å²) in [6, 6.07) is 50.9. The van der Waals surface area contributed by atoms with Crippen molar-refractivity contribution in [3.8, 4) is 61.7 Å². The van der Waals surface area contributed by atoms with Gasteiger partial charge >= 0.3 is 0 Å². The van der Waals surface area contributed by atoms with E-state index in [2.05, 4.69) is 114 Å². The van der Waals surface area contributed by atoms with Crippen molar-refractivity contribution in [1.82, 2.24) is 4.57 Å². The second-order valence-corrected chi connectivity index (χ2v) is 14.0. The van der Waals surface area contributed by atoms with Crippen molar-refractivity contribution < 1.29 is 13.2 Å². The maximum Gasteiger partial charge on any atom is 0.213 e. The minimum Gasteiger partial charge on any atom is -0.455 e. The van der Waals surface area contributed by atoms with E-state index in [9.17, 15) is 8.42 Å². The van der Waals surface area contributed by atoms with Crippen LogP contribution in [-0.4, -0.2) is 13.0 Å². The molecule has 0 saturated heterocycles. The fourth-order valence-corrected chi connectivity index (χ4v) is 9.03. The van der Waals surface area contributed by atoms with E-state index in [1.165, 1.54) is 10.8 Å². The second kappa shape index (κ2) is 9.55. The van der Waals surface area contributed by atoms with E-state index in [0.717, 1.165) is 61.2 Å². The molecule has 10 rings (SSSR count). The Morgan fingerprint density at radius 3 is 1.55 bits per heavy atom. The normalized spacial score (nSPS) is 13.6. The second-order valence-electron chi connectivity index (χ2n) is 12.1. The van der Waals surface area contributed by atoms with Gasteiger partial charge in [0.15, 0.2) is 0 Å². The molecule has 0 amide bonds. The molecule has 8 aromatic rings. The maximum absolute atomic E-state index is 14.2. The van der Waals surface area contributed by atoms with Crippen molar-refractivity contribution in [2.45, 2.75) is 9.79 Å². The Hall–Kier alpha value is -5.91. The fraction of sp³-hybridized carbons (Fsp3) is 0. The molecule has 4 nitrogen and oxygen atoms in total. The van der Waals surface area contributed by atoms with Gasteiger partial charge in [-0.1, -0.05) is 103 Å². The summed E-state index contributed by atoms with van der Waals surface area (Å²) in [5, 5.41) is 2.37. The number of ether oxygens (including phenoxy) is 1. The molecule has 222 valence electrons. The lowest BCUT2D eigenvalue weighted by molar-refractivity contribution is 0.443. The van der Waals surface area contributed by atoms with Crippen molar-refractivity contribution in [2.75, 3.05) is 0 Å². The molecule has 0 spiro atoms. The number of hydrogen-bond acceptors (Lipinski definition) is 3. The first-order valence-electron chi connectivity index (χ1n) is 15.6. The molecule has 0 fully saturated rings. The van der Waals surface area contributed by atoms with E-state index < -0.39 is 9.84 Å². The molecule has 0 N–H and O–H groups in total. The van der Waals surface area contributed by atoms with Crippen molar-refractivity contribution in [2.24, 2.45) is 0 Å². The molecule has 1 aliphatic carbocycles. The molecular weight excluding hydrogens is 599 g/mol. The highest BCUT2D eigenvalue weighted by molar-refractivity contribution is 7.91. The molecule has 0 radical (unpaired) electrons. The molecule has 0 unspecified atom stereocenters. The van der Waals surface area contributed by atoms with Gasteiger partial charge < -0.3 is 9.30 Å². The van der Waals surface area contributed by atoms with Crippen LogP contribution in [0.3, 0.4) is 0 Å². The molecule has 0 bridgehead atoms. The Kier molecular flexibility index (Phi) is 5.35. The van der Waals surface area contributed by atoms with Gasteiger partial charge in [0.2, 0.25) is 9.84 Å². The molecule has 2 heterocycles. The summed E-state index contributed by atoms with van der Waals surface area (Å²) < 4.78 is 36.9. The van der Waals surface area contributed by atoms with Gasteiger partial charge in [-0.05, 0) is 93.0 Å². The number of rotatable bonds is 1. The van der Waals surface area contributed by atoms with Gasteiger partial charge in [-0.25, -0.2) is 8.42 Å². The van der Waals surface area contributed by atoms with Gasteiger partial charge in [-0.3, -0.25) is 0 Å². The molecule has 7 aromatic carbocycles. The van der Waals surface area contributed by atoms with E-state index in [-0.39, 0.29) is 9.79 Å². The minimum atomic E-state index is -3.84. The summed E-state index contributed by atoms with van der Waals surface area (Å²) >= 11 is 0. The van der Waals surface area contributed by atoms with Crippen LogP contribution in [0.2, 0.25) is 0 Å². The zero-order chi connectivity index (χ0) is 31.3. The molecule has 47 heavy (non-hydrogen) atoms. The van der Waals surface area contributed by atoms with Crippen LogP contribution in [0.1, 0.15) is 0 Å². The number of hydrogen-bond donors (Lipinski definition) is 0. The lowest BCUT2D eigenvalue weighted by Crippen LogP contribution is -2.12. The van der Waals surface area contributed by atoms with Gasteiger partial charge in [0, 0.05) is 16.5 Å². The summed E-state index contributed by atoms with van der Waals surface area (Å²) in [4.78, 5) is 0.359. The Morgan fingerprint density at radius 2 is 0.894 bits per heavy atom. The number of aromatic nitrogens is 1. The van der Waals surface area contributed by atoms with Crippen LogP contribution < -0.4 is 4.74 Å². The summed E-state index contributed by atoms with van der Waals surface area (Å²) in [6.07, 6.45) is 0. The monoisotopic (exact) mass is 623 g/mol. The number of para-hydroxylation sites is 3. The van der Waals surface area contributed by atoms with Crippen LogP contribution in [0.4, 0.5) is 0 Å². The first kappa shape index (κ1) is 26.3.